The quantitative estimate of drug-likeness (QED) is 0.575. The largest absolute Gasteiger partial charge is 0.481 e. The SMILES string of the molecule is CCCOCC(=O)NNC(=O)C(C)Oc1cccc(Br)c1. The Morgan fingerprint density at radius 1 is 1.33 bits per heavy atom. The number of carbonyl (C=O) groups excluding carboxylic acids is 2. The average molecular weight is 359 g/mol. The van der Waals surface area contributed by atoms with Gasteiger partial charge >= 0.3 is 0 Å². The Morgan fingerprint density at radius 3 is 2.76 bits per heavy atom. The number of hydrogen-bond donors (Lipinski definition) is 2. The van der Waals surface area contributed by atoms with Gasteiger partial charge < -0.3 is 9.47 Å². The summed E-state index contributed by atoms with van der Waals surface area (Å²) in [5, 5.41) is 0. The minimum absolute atomic E-state index is 0.0883. The van der Waals surface area contributed by atoms with Crippen molar-refractivity contribution in [3.05, 3.63) is 28.7 Å². The number of halogens is 1. The molecule has 0 radical (unpaired) electrons. The van der Waals surface area contributed by atoms with Gasteiger partial charge in [0, 0.05) is 11.1 Å². The summed E-state index contributed by atoms with van der Waals surface area (Å²) in [6.07, 6.45) is 0.0908. The molecule has 0 saturated carbocycles. The average Bonchev–Trinajstić information content (AvgIpc) is 2.45. The molecule has 0 fully saturated rings. The first-order valence-electron chi connectivity index (χ1n) is 6.61. The van der Waals surface area contributed by atoms with Crippen LogP contribution in [0.3, 0.4) is 0 Å². The predicted molar refractivity (Wildman–Crippen MR) is 81.6 cm³/mol. The first-order valence-corrected chi connectivity index (χ1v) is 7.41. The van der Waals surface area contributed by atoms with Gasteiger partial charge in [-0.1, -0.05) is 28.9 Å². The van der Waals surface area contributed by atoms with Crippen molar-refractivity contribution in [3.63, 3.8) is 0 Å². The van der Waals surface area contributed by atoms with Crippen LogP contribution in [0.5, 0.6) is 5.75 Å². The number of ether oxygens (including phenoxy) is 2. The first-order chi connectivity index (χ1) is 10.0. The molecular formula is C14H19BrN2O4. The minimum Gasteiger partial charge on any atom is -0.481 e. The molecular weight excluding hydrogens is 340 g/mol. The number of hydrazine groups is 1. The van der Waals surface area contributed by atoms with Crippen molar-refractivity contribution in [2.24, 2.45) is 0 Å². The number of nitrogens with one attached hydrogen (secondary N) is 2. The third kappa shape index (κ3) is 7.10. The van der Waals surface area contributed by atoms with Crippen LogP contribution in [0.15, 0.2) is 28.7 Å². The molecule has 0 aliphatic heterocycles. The van der Waals surface area contributed by atoms with Crippen LogP contribution in [0, 0.1) is 0 Å². The molecule has 1 aromatic carbocycles. The molecule has 1 unspecified atom stereocenters. The van der Waals surface area contributed by atoms with Gasteiger partial charge in [0.1, 0.15) is 12.4 Å². The van der Waals surface area contributed by atoms with Gasteiger partial charge in [-0.05, 0) is 31.5 Å². The number of carbonyl (C=O) groups is 2. The van der Waals surface area contributed by atoms with E-state index in [2.05, 4.69) is 26.8 Å². The monoisotopic (exact) mass is 358 g/mol. The molecule has 2 N–H and O–H groups in total. The van der Waals surface area contributed by atoms with Crippen LogP contribution in [0.1, 0.15) is 20.3 Å². The summed E-state index contributed by atoms with van der Waals surface area (Å²) in [7, 11) is 0. The van der Waals surface area contributed by atoms with Gasteiger partial charge in [-0.25, -0.2) is 0 Å². The van der Waals surface area contributed by atoms with Gasteiger partial charge in [-0.15, -0.1) is 0 Å². The Kier molecular flexibility index (Phi) is 7.78. The van der Waals surface area contributed by atoms with E-state index in [1.807, 2.05) is 13.0 Å². The van der Waals surface area contributed by atoms with Crippen LogP contribution in [-0.2, 0) is 14.3 Å². The van der Waals surface area contributed by atoms with E-state index in [9.17, 15) is 9.59 Å². The Labute approximate surface area is 132 Å². The van der Waals surface area contributed by atoms with Crippen LogP contribution in [0.4, 0.5) is 0 Å². The van der Waals surface area contributed by atoms with E-state index in [1.54, 1.807) is 25.1 Å². The summed E-state index contributed by atoms with van der Waals surface area (Å²) in [6.45, 7) is 3.95. The van der Waals surface area contributed by atoms with Crippen molar-refractivity contribution in [1.29, 1.82) is 0 Å². The zero-order valence-electron chi connectivity index (χ0n) is 12.0. The molecule has 0 bridgehead atoms. The lowest BCUT2D eigenvalue weighted by Crippen LogP contribution is -2.48. The van der Waals surface area contributed by atoms with Crippen molar-refractivity contribution in [2.45, 2.75) is 26.4 Å². The lowest BCUT2D eigenvalue weighted by Gasteiger charge is -2.15. The van der Waals surface area contributed by atoms with Crippen molar-refractivity contribution < 1.29 is 19.1 Å². The Morgan fingerprint density at radius 2 is 2.10 bits per heavy atom. The third-order valence-electron chi connectivity index (χ3n) is 2.38. The second-order valence-corrected chi connectivity index (χ2v) is 5.22. The van der Waals surface area contributed by atoms with Crippen LogP contribution < -0.4 is 15.6 Å². The second-order valence-electron chi connectivity index (χ2n) is 4.31. The van der Waals surface area contributed by atoms with E-state index in [4.69, 9.17) is 9.47 Å². The Balaban J connectivity index is 2.32. The summed E-state index contributed by atoms with van der Waals surface area (Å²) < 4.78 is 11.4. The van der Waals surface area contributed by atoms with Crippen molar-refractivity contribution >= 4 is 27.7 Å². The van der Waals surface area contributed by atoms with E-state index in [-0.39, 0.29) is 6.61 Å². The van der Waals surface area contributed by atoms with Gasteiger partial charge in [0.25, 0.3) is 11.8 Å². The van der Waals surface area contributed by atoms with Gasteiger partial charge in [0.2, 0.25) is 0 Å². The van der Waals surface area contributed by atoms with E-state index in [1.165, 1.54) is 0 Å². The van der Waals surface area contributed by atoms with Crippen LogP contribution in [0.2, 0.25) is 0 Å². The maximum Gasteiger partial charge on any atom is 0.279 e. The zero-order chi connectivity index (χ0) is 15.7. The molecule has 0 spiro atoms. The fourth-order valence-corrected chi connectivity index (χ4v) is 1.75. The molecule has 116 valence electrons. The van der Waals surface area contributed by atoms with Gasteiger partial charge in [-0.3, -0.25) is 20.4 Å². The van der Waals surface area contributed by atoms with E-state index in [0.29, 0.717) is 12.4 Å². The molecule has 0 aliphatic rings. The minimum atomic E-state index is -0.740. The number of rotatable bonds is 7. The molecule has 0 saturated heterocycles. The summed E-state index contributed by atoms with van der Waals surface area (Å²) >= 11 is 3.32. The summed E-state index contributed by atoms with van der Waals surface area (Å²) in [5.41, 5.74) is 4.56. The molecule has 21 heavy (non-hydrogen) atoms. The molecule has 1 aromatic rings. The maximum atomic E-state index is 11.8. The molecule has 1 rings (SSSR count). The summed E-state index contributed by atoms with van der Waals surface area (Å²) in [5.74, 6) is -0.296. The topological polar surface area (TPSA) is 76.7 Å². The standard InChI is InChI=1S/C14H19BrN2O4/c1-3-7-20-9-13(18)16-17-14(19)10(2)21-12-6-4-5-11(15)8-12/h4-6,8,10H,3,7,9H2,1-2H3,(H,16,18)(H,17,19). The Hall–Kier alpha value is -1.60. The molecule has 6 nitrogen and oxygen atoms in total. The molecule has 7 heteroatoms. The van der Waals surface area contributed by atoms with Crippen LogP contribution >= 0.6 is 15.9 Å². The highest BCUT2D eigenvalue weighted by Crippen LogP contribution is 2.18. The van der Waals surface area contributed by atoms with E-state index < -0.39 is 17.9 Å². The van der Waals surface area contributed by atoms with E-state index in [0.717, 1.165) is 10.9 Å². The molecule has 0 heterocycles. The predicted octanol–water partition coefficient (Wildman–Crippen LogP) is 1.79. The molecule has 2 amide bonds. The molecule has 0 aliphatic carbocycles. The van der Waals surface area contributed by atoms with E-state index >= 15 is 0 Å². The van der Waals surface area contributed by atoms with Crippen molar-refractivity contribution in [3.8, 4) is 5.75 Å². The highest BCUT2D eigenvalue weighted by molar-refractivity contribution is 9.10. The number of hydrogen-bond acceptors (Lipinski definition) is 4. The first kappa shape index (κ1) is 17.5. The number of benzene rings is 1. The summed E-state index contributed by atoms with van der Waals surface area (Å²) in [4.78, 5) is 23.1. The maximum absolute atomic E-state index is 11.8. The van der Waals surface area contributed by atoms with Crippen LogP contribution in [-0.4, -0.2) is 31.1 Å². The lowest BCUT2D eigenvalue weighted by molar-refractivity contribution is -0.134. The van der Waals surface area contributed by atoms with Crippen molar-refractivity contribution in [1.82, 2.24) is 10.9 Å². The van der Waals surface area contributed by atoms with Gasteiger partial charge in [0.15, 0.2) is 6.10 Å². The van der Waals surface area contributed by atoms with Gasteiger partial charge in [-0.2, -0.15) is 0 Å². The third-order valence-corrected chi connectivity index (χ3v) is 2.88. The van der Waals surface area contributed by atoms with Gasteiger partial charge in [0.05, 0.1) is 0 Å². The lowest BCUT2D eigenvalue weighted by atomic mass is 10.3. The highest BCUT2D eigenvalue weighted by Gasteiger charge is 2.15. The molecule has 1 atom stereocenters. The van der Waals surface area contributed by atoms with Crippen LogP contribution in [0.25, 0.3) is 0 Å². The number of amides is 2. The second kappa shape index (κ2) is 9.36. The fraction of sp³-hybridized carbons (Fsp3) is 0.429. The zero-order valence-corrected chi connectivity index (χ0v) is 13.6. The van der Waals surface area contributed by atoms with Crippen molar-refractivity contribution in [2.75, 3.05) is 13.2 Å². The fourth-order valence-electron chi connectivity index (χ4n) is 1.38. The highest BCUT2D eigenvalue weighted by atomic mass is 79.9. The normalized spacial score (nSPS) is 11.6. The summed E-state index contributed by atoms with van der Waals surface area (Å²) in [6, 6.07) is 7.15. The Bertz CT molecular complexity index is 482. The molecule has 0 aromatic heterocycles. The smallest absolute Gasteiger partial charge is 0.279 e.